The molecule has 0 fully saturated rings. The molecule has 0 spiro atoms. The lowest BCUT2D eigenvalue weighted by Crippen LogP contribution is -1.86. The predicted molar refractivity (Wildman–Crippen MR) is 125 cm³/mol. The number of hydrogen-bond acceptors (Lipinski definition) is 2. The molecular weight excluding hydrogens is 382 g/mol. The van der Waals surface area contributed by atoms with Crippen LogP contribution >= 0.6 is 23.8 Å². The summed E-state index contributed by atoms with van der Waals surface area (Å²) in [6.07, 6.45) is 4.99. The zero-order chi connectivity index (χ0) is 19.9. The molecule has 0 unspecified atom stereocenters. The summed E-state index contributed by atoms with van der Waals surface area (Å²) in [6.45, 7) is 4.22. The number of benzene rings is 3. The van der Waals surface area contributed by atoms with Crippen molar-refractivity contribution in [2.75, 3.05) is 0 Å². The van der Waals surface area contributed by atoms with Gasteiger partial charge >= 0.3 is 0 Å². The van der Waals surface area contributed by atoms with E-state index in [0.29, 0.717) is 10.7 Å². The van der Waals surface area contributed by atoms with Crippen LogP contribution in [0.1, 0.15) is 37.3 Å². The number of rotatable bonds is 7. The molecule has 0 bridgehead atoms. The number of aryl methyl sites for hydroxylation is 2. The Hall–Kier alpha value is -2.25. The summed E-state index contributed by atoms with van der Waals surface area (Å²) in [5, 5.41) is 2.99. The fourth-order valence-electron chi connectivity index (χ4n) is 3.39. The lowest BCUT2D eigenvalue weighted by atomic mass is 9.97. The Labute approximate surface area is 178 Å². The van der Waals surface area contributed by atoms with Gasteiger partial charge in [0, 0.05) is 0 Å². The van der Waals surface area contributed by atoms with Crippen molar-refractivity contribution in [1.82, 2.24) is 0 Å². The largest absolute Gasteiger partial charge is 0.193 e. The molecule has 3 aromatic carbocycles. The highest BCUT2D eigenvalue weighted by Crippen LogP contribution is 2.34. The Morgan fingerprint density at radius 2 is 1.43 bits per heavy atom. The number of isothiocyanates is 1. The number of aliphatic imine (C=N–C) groups is 1. The second-order valence-corrected chi connectivity index (χ2v) is 7.65. The van der Waals surface area contributed by atoms with Gasteiger partial charge in [0.05, 0.1) is 15.9 Å². The third kappa shape index (κ3) is 4.97. The molecule has 0 N–H and O–H groups in total. The first-order chi connectivity index (χ1) is 13.6. The van der Waals surface area contributed by atoms with E-state index in [1.165, 1.54) is 36.0 Å². The van der Waals surface area contributed by atoms with Crippen LogP contribution in [0, 0.1) is 6.92 Å². The molecule has 3 rings (SSSR count). The molecule has 0 amide bonds. The van der Waals surface area contributed by atoms with E-state index in [4.69, 9.17) is 23.8 Å². The second-order valence-electron chi connectivity index (χ2n) is 7.06. The first-order valence-corrected chi connectivity index (χ1v) is 10.5. The van der Waals surface area contributed by atoms with Gasteiger partial charge in [0.25, 0.3) is 0 Å². The van der Waals surface area contributed by atoms with Crippen molar-refractivity contribution in [3.05, 3.63) is 76.8 Å². The van der Waals surface area contributed by atoms with Crippen molar-refractivity contribution in [3.63, 3.8) is 0 Å². The van der Waals surface area contributed by atoms with Gasteiger partial charge < -0.3 is 0 Å². The van der Waals surface area contributed by atoms with Gasteiger partial charge in [0.15, 0.2) is 0 Å². The van der Waals surface area contributed by atoms with E-state index in [0.717, 1.165) is 23.1 Å². The van der Waals surface area contributed by atoms with Gasteiger partial charge in [-0.1, -0.05) is 79.9 Å². The summed E-state index contributed by atoms with van der Waals surface area (Å²) < 4.78 is 0. The SMILES string of the molecule is CCCCCc1ccc(-c2ccc(-c3cc(C)c(N=C=S)c(Cl)c3)cc2)cc1. The third-order valence-electron chi connectivity index (χ3n) is 4.99. The van der Waals surface area contributed by atoms with E-state index in [1.54, 1.807) is 0 Å². The second kappa shape index (κ2) is 9.80. The first kappa shape index (κ1) is 20.5. The van der Waals surface area contributed by atoms with Crippen LogP contribution < -0.4 is 0 Å². The van der Waals surface area contributed by atoms with Gasteiger partial charge in [-0.2, -0.15) is 4.99 Å². The lowest BCUT2D eigenvalue weighted by molar-refractivity contribution is 0.717. The Morgan fingerprint density at radius 1 is 0.857 bits per heavy atom. The zero-order valence-corrected chi connectivity index (χ0v) is 17.9. The van der Waals surface area contributed by atoms with Gasteiger partial charge in [-0.15, -0.1) is 0 Å². The van der Waals surface area contributed by atoms with Crippen molar-refractivity contribution in [2.24, 2.45) is 4.99 Å². The van der Waals surface area contributed by atoms with Crippen molar-refractivity contribution in [2.45, 2.75) is 39.5 Å². The molecule has 0 radical (unpaired) electrons. The Balaban J connectivity index is 1.79. The normalized spacial score (nSPS) is 10.5. The summed E-state index contributed by atoms with van der Waals surface area (Å²) in [6, 6.07) is 21.5. The lowest BCUT2D eigenvalue weighted by Gasteiger charge is -2.09. The number of nitrogens with zero attached hydrogens (tertiary/aromatic N) is 1. The summed E-state index contributed by atoms with van der Waals surface area (Å²) in [5.41, 5.74) is 7.75. The monoisotopic (exact) mass is 405 g/mol. The molecule has 0 aliphatic carbocycles. The Kier molecular flexibility index (Phi) is 7.17. The maximum absolute atomic E-state index is 6.37. The molecule has 0 heterocycles. The van der Waals surface area contributed by atoms with Crippen LogP contribution in [0.25, 0.3) is 22.3 Å². The fourth-order valence-corrected chi connectivity index (χ4v) is 3.79. The smallest absolute Gasteiger partial charge is 0.0955 e. The maximum Gasteiger partial charge on any atom is 0.0955 e. The fraction of sp³-hybridized carbons (Fsp3) is 0.240. The minimum absolute atomic E-state index is 0.593. The molecule has 0 saturated carbocycles. The van der Waals surface area contributed by atoms with Crippen molar-refractivity contribution >= 4 is 34.7 Å². The van der Waals surface area contributed by atoms with E-state index in [1.807, 2.05) is 13.0 Å². The van der Waals surface area contributed by atoms with Crippen LogP contribution in [0.5, 0.6) is 0 Å². The number of halogens is 1. The number of thiocarbonyl (C=S) groups is 1. The predicted octanol–water partition coefficient (Wildman–Crippen LogP) is 8.45. The van der Waals surface area contributed by atoms with Crippen molar-refractivity contribution in [1.29, 1.82) is 0 Å². The van der Waals surface area contributed by atoms with E-state index in [-0.39, 0.29) is 0 Å². The average molecular weight is 406 g/mol. The van der Waals surface area contributed by atoms with Crippen LogP contribution in [0.2, 0.25) is 5.02 Å². The maximum atomic E-state index is 6.37. The molecule has 28 heavy (non-hydrogen) atoms. The first-order valence-electron chi connectivity index (χ1n) is 9.70. The molecule has 1 nitrogen and oxygen atoms in total. The van der Waals surface area contributed by atoms with E-state index in [9.17, 15) is 0 Å². The summed E-state index contributed by atoms with van der Waals surface area (Å²) in [4.78, 5) is 4.06. The van der Waals surface area contributed by atoms with E-state index in [2.05, 4.69) is 71.7 Å². The van der Waals surface area contributed by atoms with Gasteiger partial charge in [0.1, 0.15) is 0 Å². The summed E-state index contributed by atoms with van der Waals surface area (Å²) in [7, 11) is 0. The molecule has 0 atom stereocenters. The molecular formula is C25H24ClNS. The van der Waals surface area contributed by atoms with Gasteiger partial charge in [-0.25, -0.2) is 0 Å². The quantitative estimate of drug-likeness (QED) is 0.218. The summed E-state index contributed by atoms with van der Waals surface area (Å²) in [5.74, 6) is 0. The van der Waals surface area contributed by atoms with E-state index >= 15 is 0 Å². The number of unbranched alkanes of at least 4 members (excludes halogenated alkanes) is 2. The molecule has 0 aliphatic heterocycles. The topological polar surface area (TPSA) is 12.4 Å². The highest BCUT2D eigenvalue weighted by molar-refractivity contribution is 7.78. The van der Waals surface area contributed by atoms with Crippen LogP contribution in [0.3, 0.4) is 0 Å². The molecule has 0 aromatic heterocycles. The van der Waals surface area contributed by atoms with Crippen LogP contribution in [-0.2, 0) is 6.42 Å². The van der Waals surface area contributed by atoms with Crippen LogP contribution in [-0.4, -0.2) is 5.16 Å². The van der Waals surface area contributed by atoms with E-state index < -0.39 is 0 Å². The standard InChI is InChI=1S/C25H24ClNS/c1-3-4-5-6-19-7-9-20(10-8-19)21-11-13-22(14-12-21)23-15-18(2)25(27-17-28)24(26)16-23/h7-16H,3-6H2,1-2H3. The van der Waals surface area contributed by atoms with Crippen molar-refractivity contribution in [3.8, 4) is 22.3 Å². The summed E-state index contributed by atoms with van der Waals surface area (Å²) >= 11 is 11.1. The highest BCUT2D eigenvalue weighted by Gasteiger charge is 2.08. The van der Waals surface area contributed by atoms with Crippen LogP contribution in [0.4, 0.5) is 5.69 Å². The van der Waals surface area contributed by atoms with Gasteiger partial charge in [0.2, 0.25) is 0 Å². The Morgan fingerprint density at radius 3 is 1.96 bits per heavy atom. The molecule has 0 saturated heterocycles. The highest BCUT2D eigenvalue weighted by atomic mass is 35.5. The van der Waals surface area contributed by atoms with Crippen LogP contribution in [0.15, 0.2) is 65.7 Å². The van der Waals surface area contributed by atoms with Gasteiger partial charge in [-0.05, 0) is 77.5 Å². The molecule has 3 heteroatoms. The van der Waals surface area contributed by atoms with Gasteiger partial charge in [-0.3, -0.25) is 0 Å². The molecule has 0 aliphatic rings. The minimum atomic E-state index is 0.593. The number of hydrogen-bond donors (Lipinski definition) is 0. The molecule has 142 valence electrons. The minimum Gasteiger partial charge on any atom is -0.193 e. The van der Waals surface area contributed by atoms with Crippen molar-refractivity contribution < 1.29 is 0 Å². The average Bonchev–Trinajstić information content (AvgIpc) is 2.71. The zero-order valence-electron chi connectivity index (χ0n) is 16.3. The third-order valence-corrected chi connectivity index (χ3v) is 5.37. The molecule has 3 aromatic rings. The Bertz CT molecular complexity index is 961.